The van der Waals surface area contributed by atoms with Crippen molar-refractivity contribution in [2.24, 2.45) is 0 Å². The number of nitrogen functional groups attached to an aromatic ring is 1. The topological polar surface area (TPSA) is 145 Å². The molecule has 2 rings (SSSR count). The largest absolute Gasteiger partial charge is 0.379 e. The number of hydrogen-bond acceptors (Lipinski definition) is 7. The van der Waals surface area contributed by atoms with Crippen molar-refractivity contribution in [3.8, 4) is 0 Å². The van der Waals surface area contributed by atoms with E-state index in [2.05, 4.69) is 21.9 Å². The first-order chi connectivity index (χ1) is 19.9. The third kappa shape index (κ3) is 16.3. The molecule has 0 aliphatic carbocycles. The molecule has 41 heavy (non-hydrogen) atoms. The van der Waals surface area contributed by atoms with Crippen LogP contribution in [0, 0.1) is 0 Å². The number of nitrogens with zero attached hydrogens (tertiary/aromatic N) is 3. The quantitative estimate of drug-likeness (QED) is 0.0592. The standard InChI is InChI=1S/C30H54N5O5P/c1-2-3-4-5-6-7-8-9-10-11-12-13-14-15-16-19-22-39-23-24-40-41(37,38)25-20-17-18-21-35-26-32-27-28(35)33-30(31)34-29(27)36/h17-18,26H,2-16,19-25H2,1H3,(H,37,38)(H3,31,33,34,36)/b18-17+. The number of unbranched alkanes of at least 4 members (excludes halogenated alkanes) is 15. The Morgan fingerprint density at radius 2 is 1.49 bits per heavy atom. The van der Waals surface area contributed by atoms with E-state index in [1.807, 2.05) is 6.08 Å². The molecule has 0 amide bonds. The van der Waals surface area contributed by atoms with Gasteiger partial charge in [-0.1, -0.05) is 115 Å². The lowest BCUT2D eigenvalue weighted by atomic mass is 10.0. The van der Waals surface area contributed by atoms with Crippen LogP contribution in [0.15, 0.2) is 23.3 Å². The first-order valence-corrected chi connectivity index (χ1v) is 17.6. The second-order valence-electron chi connectivity index (χ2n) is 10.9. The van der Waals surface area contributed by atoms with Crippen LogP contribution >= 0.6 is 7.60 Å². The van der Waals surface area contributed by atoms with Gasteiger partial charge in [-0.25, -0.2) is 4.98 Å². The van der Waals surface area contributed by atoms with Crippen molar-refractivity contribution in [2.45, 2.75) is 123 Å². The molecular formula is C30H54N5O5P. The maximum absolute atomic E-state index is 12.2. The van der Waals surface area contributed by atoms with Crippen LogP contribution in [0.1, 0.15) is 116 Å². The third-order valence-electron chi connectivity index (χ3n) is 7.20. The molecule has 0 bridgehead atoms. The molecule has 0 fully saturated rings. The van der Waals surface area contributed by atoms with Gasteiger partial charge in [-0.3, -0.25) is 14.3 Å². The van der Waals surface area contributed by atoms with Gasteiger partial charge in [0.1, 0.15) is 0 Å². The fourth-order valence-electron chi connectivity index (χ4n) is 4.81. The van der Waals surface area contributed by atoms with Gasteiger partial charge in [-0.15, -0.1) is 0 Å². The molecule has 4 N–H and O–H groups in total. The van der Waals surface area contributed by atoms with Crippen LogP contribution in [0.5, 0.6) is 0 Å². The number of rotatable bonds is 26. The zero-order valence-electron chi connectivity index (χ0n) is 25.2. The van der Waals surface area contributed by atoms with Crippen molar-refractivity contribution in [1.82, 2.24) is 19.5 Å². The fraction of sp³-hybridized carbons (Fsp3) is 0.767. The molecule has 0 radical (unpaired) electrons. The van der Waals surface area contributed by atoms with Gasteiger partial charge in [-0.05, 0) is 12.8 Å². The summed E-state index contributed by atoms with van der Waals surface area (Å²) in [7, 11) is -3.66. The summed E-state index contributed by atoms with van der Waals surface area (Å²) in [5.41, 5.74) is 5.83. The lowest BCUT2D eigenvalue weighted by Gasteiger charge is -2.11. The normalized spacial score (nSPS) is 13.4. The Labute approximate surface area is 246 Å². The summed E-state index contributed by atoms with van der Waals surface area (Å²) >= 11 is 0. The lowest BCUT2D eigenvalue weighted by Crippen LogP contribution is -2.12. The second kappa shape index (κ2) is 21.7. The van der Waals surface area contributed by atoms with E-state index in [1.54, 1.807) is 10.6 Å². The summed E-state index contributed by atoms with van der Waals surface area (Å²) in [6.07, 6.45) is 27.0. The Hall–Kier alpha value is -2.00. The van der Waals surface area contributed by atoms with Crippen molar-refractivity contribution in [3.05, 3.63) is 28.8 Å². The number of anilines is 1. The number of ether oxygens (including phenoxy) is 1. The monoisotopic (exact) mass is 595 g/mol. The lowest BCUT2D eigenvalue weighted by molar-refractivity contribution is 0.0926. The van der Waals surface area contributed by atoms with Crippen LogP contribution in [0.3, 0.4) is 0 Å². The maximum atomic E-state index is 12.2. The SMILES string of the molecule is CCCCCCCCCCCCCCCCCCOCCOP(=O)(O)CC/C=C/Cn1cnc2c(=O)[nH]c(N)nc21. The minimum absolute atomic E-state index is 0.0260. The molecule has 0 saturated heterocycles. The summed E-state index contributed by atoms with van der Waals surface area (Å²) in [6, 6.07) is 0. The average Bonchev–Trinajstić information content (AvgIpc) is 3.34. The molecule has 1 unspecified atom stereocenters. The van der Waals surface area contributed by atoms with Gasteiger partial charge in [0, 0.05) is 13.2 Å². The van der Waals surface area contributed by atoms with Crippen LogP contribution in [0.25, 0.3) is 11.2 Å². The molecular weight excluding hydrogens is 541 g/mol. The average molecular weight is 596 g/mol. The Morgan fingerprint density at radius 3 is 2.10 bits per heavy atom. The van der Waals surface area contributed by atoms with E-state index in [1.165, 1.54) is 103 Å². The van der Waals surface area contributed by atoms with Gasteiger partial charge in [-0.2, -0.15) is 4.98 Å². The number of allylic oxidation sites excluding steroid dienone is 2. The highest BCUT2D eigenvalue weighted by Crippen LogP contribution is 2.42. The first-order valence-electron chi connectivity index (χ1n) is 15.8. The van der Waals surface area contributed by atoms with Gasteiger partial charge in [0.25, 0.3) is 5.56 Å². The Bertz CT molecular complexity index is 1090. The molecule has 0 spiro atoms. The number of aromatic amines is 1. The van der Waals surface area contributed by atoms with Crippen molar-refractivity contribution in [3.63, 3.8) is 0 Å². The molecule has 234 valence electrons. The van der Waals surface area contributed by atoms with E-state index in [9.17, 15) is 14.3 Å². The van der Waals surface area contributed by atoms with Crippen LogP contribution in [-0.2, 0) is 20.4 Å². The predicted octanol–water partition coefficient (Wildman–Crippen LogP) is 7.13. The van der Waals surface area contributed by atoms with E-state index in [0.29, 0.717) is 31.8 Å². The Kier molecular flexibility index (Phi) is 18.6. The minimum atomic E-state index is -3.66. The van der Waals surface area contributed by atoms with Crippen molar-refractivity contribution in [2.75, 3.05) is 31.7 Å². The van der Waals surface area contributed by atoms with Gasteiger partial charge in [0.2, 0.25) is 5.95 Å². The number of H-pyrrole nitrogens is 1. The Morgan fingerprint density at radius 1 is 0.902 bits per heavy atom. The van der Waals surface area contributed by atoms with Crippen LogP contribution < -0.4 is 11.3 Å². The van der Waals surface area contributed by atoms with Gasteiger partial charge >= 0.3 is 7.60 Å². The van der Waals surface area contributed by atoms with E-state index in [4.69, 9.17) is 15.0 Å². The summed E-state index contributed by atoms with van der Waals surface area (Å²) in [4.78, 5) is 32.4. The zero-order valence-corrected chi connectivity index (χ0v) is 26.1. The molecule has 10 nitrogen and oxygen atoms in total. The summed E-state index contributed by atoms with van der Waals surface area (Å²) in [5, 5.41) is 0. The number of fused-ring (bicyclic) bond motifs is 1. The predicted molar refractivity (Wildman–Crippen MR) is 167 cm³/mol. The Balaban J connectivity index is 1.37. The molecule has 0 aliphatic heterocycles. The van der Waals surface area contributed by atoms with Gasteiger partial charge in [0.15, 0.2) is 11.2 Å². The van der Waals surface area contributed by atoms with Crippen molar-refractivity contribution < 1.29 is 18.7 Å². The van der Waals surface area contributed by atoms with E-state index in [-0.39, 0.29) is 29.8 Å². The van der Waals surface area contributed by atoms with Crippen LogP contribution in [0.4, 0.5) is 5.95 Å². The zero-order chi connectivity index (χ0) is 29.6. The molecule has 2 aromatic heterocycles. The van der Waals surface area contributed by atoms with Crippen molar-refractivity contribution in [1.29, 1.82) is 0 Å². The molecule has 1 atom stereocenters. The van der Waals surface area contributed by atoms with Crippen LogP contribution in [0.2, 0.25) is 0 Å². The molecule has 0 aliphatic rings. The maximum Gasteiger partial charge on any atom is 0.328 e. The summed E-state index contributed by atoms with van der Waals surface area (Å²) in [5.74, 6) is 0.0283. The number of nitrogens with two attached hydrogens (primary N) is 1. The highest BCUT2D eigenvalue weighted by atomic mass is 31.2. The smallest absolute Gasteiger partial charge is 0.328 e. The molecule has 2 heterocycles. The second-order valence-corrected chi connectivity index (χ2v) is 12.9. The number of imidazole rings is 1. The number of hydrogen-bond donors (Lipinski definition) is 3. The van der Waals surface area contributed by atoms with Gasteiger partial charge in [0.05, 0.1) is 25.7 Å². The molecule has 2 aromatic rings. The van der Waals surface area contributed by atoms with Crippen LogP contribution in [-0.4, -0.2) is 50.4 Å². The highest BCUT2D eigenvalue weighted by Gasteiger charge is 2.17. The number of nitrogens with one attached hydrogen (secondary N) is 1. The summed E-state index contributed by atoms with van der Waals surface area (Å²) < 4.78 is 24.6. The number of aromatic nitrogens is 4. The van der Waals surface area contributed by atoms with Crippen molar-refractivity contribution >= 4 is 24.7 Å². The molecule has 11 heteroatoms. The molecule has 0 aromatic carbocycles. The molecule has 0 saturated carbocycles. The minimum Gasteiger partial charge on any atom is -0.379 e. The third-order valence-corrected chi connectivity index (χ3v) is 8.61. The highest BCUT2D eigenvalue weighted by molar-refractivity contribution is 7.52. The van der Waals surface area contributed by atoms with Gasteiger partial charge < -0.3 is 24.5 Å². The fourth-order valence-corrected chi connectivity index (χ4v) is 5.77. The van der Waals surface area contributed by atoms with E-state index >= 15 is 0 Å². The first kappa shape index (κ1) is 35.2. The van der Waals surface area contributed by atoms with E-state index in [0.717, 1.165) is 6.42 Å². The summed E-state index contributed by atoms with van der Waals surface area (Å²) in [6.45, 7) is 3.78. The van der Waals surface area contributed by atoms with E-state index < -0.39 is 7.60 Å².